The van der Waals surface area contributed by atoms with E-state index < -0.39 is 0 Å². The van der Waals surface area contributed by atoms with Gasteiger partial charge in [0, 0.05) is 0 Å². The second-order valence-corrected chi connectivity index (χ2v) is 5.79. The molecule has 1 rings (SSSR count). The Kier molecular flexibility index (Phi) is 4.88. The molecule has 0 aliphatic carbocycles. The number of rotatable bonds is 4. The van der Waals surface area contributed by atoms with Gasteiger partial charge < -0.3 is 0 Å². The van der Waals surface area contributed by atoms with Gasteiger partial charge in [0.05, 0.1) is 0 Å². The maximum absolute atomic E-state index is 2.37. The summed E-state index contributed by atoms with van der Waals surface area (Å²) in [6, 6.07) is 10.7. The van der Waals surface area contributed by atoms with E-state index in [1.54, 1.807) is 4.47 Å². The normalized spacial score (nSPS) is 11.7. The van der Waals surface area contributed by atoms with Crippen molar-refractivity contribution < 1.29 is 0 Å². The van der Waals surface area contributed by atoms with Crippen LogP contribution in [0.2, 0.25) is 0 Å². The van der Waals surface area contributed by atoms with Gasteiger partial charge in [-0.1, -0.05) is 0 Å². The Morgan fingerprint density at radius 3 is 2.62 bits per heavy atom. The number of hydrogen-bond acceptors (Lipinski definition) is 0. The Morgan fingerprint density at radius 2 is 2.00 bits per heavy atom. The van der Waals surface area contributed by atoms with Gasteiger partial charge in [-0.15, -0.1) is 0 Å². The average molecular weight is 239 g/mol. The van der Waals surface area contributed by atoms with E-state index >= 15 is 0 Å². The standard InChI is InChI=1S/C12H16Se/c1-3-4-8-11(2)13-12-9-6-5-7-10-12/h5-10H,3-4H2,1-2H3/b11-8-. The van der Waals surface area contributed by atoms with Gasteiger partial charge in [-0.05, 0) is 0 Å². The zero-order valence-electron chi connectivity index (χ0n) is 8.29. The van der Waals surface area contributed by atoms with E-state index in [-0.39, 0.29) is 0 Å². The average Bonchev–Trinajstić information content (AvgIpc) is 2.16. The van der Waals surface area contributed by atoms with Crippen LogP contribution in [-0.2, 0) is 0 Å². The first-order chi connectivity index (χ1) is 6.33. The molecule has 0 aliphatic rings. The predicted octanol–water partition coefficient (Wildman–Crippen LogP) is 2.72. The molecule has 70 valence electrons. The van der Waals surface area contributed by atoms with Gasteiger partial charge in [0.2, 0.25) is 0 Å². The van der Waals surface area contributed by atoms with Crippen molar-refractivity contribution in [2.75, 3.05) is 0 Å². The van der Waals surface area contributed by atoms with Crippen LogP contribution in [0.3, 0.4) is 0 Å². The number of allylic oxidation sites excluding steroid dienone is 2. The van der Waals surface area contributed by atoms with E-state index in [4.69, 9.17) is 0 Å². The molecule has 0 N–H and O–H groups in total. The van der Waals surface area contributed by atoms with E-state index in [1.165, 1.54) is 17.3 Å². The molecule has 1 heteroatoms. The number of unbranched alkanes of at least 4 members (excludes halogenated alkanes) is 1. The third-order valence-electron chi connectivity index (χ3n) is 1.74. The summed E-state index contributed by atoms with van der Waals surface area (Å²) in [5.41, 5.74) is 0. The van der Waals surface area contributed by atoms with Crippen molar-refractivity contribution in [3.05, 3.63) is 40.9 Å². The van der Waals surface area contributed by atoms with Crippen LogP contribution < -0.4 is 4.46 Å². The summed E-state index contributed by atoms with van der Waals surface area (Å²) in [4.78, 5) is 0. The van der Waals surface area contributed by atoms with Crippen LogP contribution in [0.25, 0.3) is 0 Å². The van der Waals surface area contributed by atoms with Gasteiger partial charge >= 0.3 is 87.0 Å². The first-order valence-electron chi connectivity index (χ1n) is 4.72. The van der Waals surface area contributed by atoms with E-state index in [0.29, 0.717) is 15.0 Å². The molecule has 1 aromatic rings. The molecule has 0 heterocycles. The zero-order chi connectivity index (χ0) is 9.52. The Labute approximate surface area is 87.2 Å². The first-order valence-corrected chi connectivity index (χ1v) is 6.44. The molecule has 0 amide bonds. The topological polar surface area (TPSA) is 0 Å². The molecule has 1 aromatic carbocycles. The molecule has 0 aromatic heterocycles. The number of hydrogen-bond donors (Lipinski definition) is 0. The SMILES string of the molecule is CCC/C=C(/C)[Se]c1ccccc1. The molecule has 0 spiro atoms. The molecule has 0 atom stereocenters. The molecule has 0 saturated carbocycles. The summed E-state index contributed by atoms with van der Waals surface area (Å²) in [6.45, 7) is 4.46. The van der Waals surface area contributed by atoms with Crippen molar-refractivity contribution in [3.63, 3.8) is 0 Å². The van der Waals surface area contributed by atoms with Gasteiger partial charge in [-0.3, -0.25) is 0 Å². The third-order valence-corrected chi connectivity index (χ3v) is 3.83. The quantitative estimate of drug-likeness (QED) is 0.709. The van der Waals surface area contributed by atoms with Gasteiger partial charge in [-0.25, -0.2) is 0 Å². The Bertz CT molecular complexity index is 262. The molecule has 0 saturated heterocycles. The van der Waals surface area contributed by atoms with Crippen LogP contribution in [-0.4, -0.2) is 15.0 Å². The predicted molar refractivity (Wildman–Crippen MR) is 60.5 cm³/mol. The fraction of sp³-hybridized carbons (Fsp3) is 0.333. The van der Waals surface area contributed by atoms with Crippen molar-refractivity contribution in [1.82, 2.24) is 0 Å². The summed E-state index contributed by atoms with van der Waals surface area (Å²) in [5.74, 6) is 0. The minimum atomic E-state index is 0.538. The minimum absolute atomic E-state index is 0.538. The van der Waals surface area contributed by atoms with Crippen LogP contribution in [0.15, 0.2) is 40.9 Å². The van der Waals surface area contributed by atoms with Crippen molar-refractivity contribution in [2.45, 2.75) is 26.7 Å². The molecule has 13 heavy (non-hydrogen) atoms. The van der Waals surface area contributed by atoms with Gasteiger partial charge in [0.1, 0.15) is 0 Å². The molecular weight excluding hydrogens is 223 g/mol. The monoisotopic (exact) mass is 240 g/mol. The van der Waals surface area contributed by atoms with Crippen LogP contribution in [0.4, 0.5) is 0 Å². The fourth-order valence-corrected chi connectivity index (χ4v) is 2.88. The molecule has 0 unspecified atom stereocenters. The summed E-state index contributed by atoms with van der Waals surface area (Å²) in [5, 5.41) is 0. The fourth-order valence-electron chi connectivity index (χ4n) is 1.06. The van der Waals surface area contributed by atoms with Gasteiger partial charge in [-0.2, -0.15) is 0 Å². The second kappa shape index (κ2) is 6.01. The Morgan fingerprint density at radius 1 is 1.31 bits per heavy atom. The van der Waals surface area contributed by atoms with Crippen LogP contribution in [0, 0.1) is 0 Å². The Hall–Kier alpha value is -0.521. The first kappa shape index (κ1) is 10.6. The summed E-state index contributed by atoms with van der Waals surface area (Å²) in [7, 11) is 0. The van der Waals surface area contributed by atoms with Crippen molar-refractivity contribution >= 4 is 19.4 Å². The summed E-state index contributed by atoms with van der Waals surface area (Å²) < 4.78 is 3.01. The van der Waals surface area contributed by atoms with Crippen molar-refractivity contribution in [3.8, 4) is 0 Å². The maximum atomic E-state index is 2.37. The van der Waals surface area contributed by atoms with Crippen LogP contribution in [0.5, 0.6) is 0 Å². The summed E-state index contributed by atoms with van der Waals surface area (Å²) in [6.07, 6.45) is 4.84. The number of benzene rings is 1. The molecule has 0 bridgehead atoms. The van der Waals surface area contributed by atoms with Gasteiger partial charge in [0.15, 0.2) is 0 Å². The molecule has 0 fully saturated rings. The van der Waals surface area contributed by atoms with E-state index in [2.05, 4.69) is 50.3 Å². The molecule has 0 radical (unpaired) electrons. The van der Waals surface area contributed by atoms with E-state index in [1.807, 2.05) is 0 Å². The molecule has 0 aliphatic heterocycles. The second-order valence-electron chi connectivity index (χ2n) is 3.02. The van der Waals surface area contributed by atoms with Gasteiger partial charge in [0.25, 0.3) is 0 Å². The molecular formula is C12H16Se. The van der Waals surface area contributed by atoms with Crippen LogP contribution in [0.1, 0.15) is 26.7 Å². The third kappa shape index (κ3) is 4.31. The van der Waals surface area contributed by atoms with E-state index in [0.717, 1.165) is 0 Å². The van der Waals surface area contributed by atoms with Crippen molar-refractivity contribution in [1.29, 1.82) is 0 Å². The van der Waals surface area contributed by atoms with Crippen molar-refractivity contribution in [2.24, 2.45) is 0 Å². The van der Waals surface area contributed by atoms with E-state index in [9.17, 15) is 0 Å². The summed E-state index contributed by atoms with van der Waals surface area (Å²) >= 11 is 0.538. The molecule has 0 nitrogen and oxygen atoms in total. The zero-order valence-corrected chi connectivity index (χ0v) is 10.00. The Balaban J connectivity index is 2.50. The van der Waals surface area contributed by atoms with Crippen LogP contribution >= 0.6 is 0 Å².